The van der Waals surface area contributed by atoms with Crippen molar-refractivity contribution in [3.8, 4) is 11.5 Å². The highest BCUT2D eigenvalue weighted by molar-refractivity contribution is 6.31. The Labute approximate surface area is 117 Å². The summed E-state index contributed by atoms with van der Waals surface area (Å²) in [5.41, 5.74) is 2.05. The van der Waals surface area contributed by atoms with Gasteiger partial charge in [0.2, 0.25) is 0 Å². The molecule has 0 aliphatic carbocycles. The highest BCUT2D eigenvalue weighted by Gasteiger charge is 2.25. The van der Waals surface area contributed by atoms with Crippen molar-refractivity contribution in [2.24, 2.45) is 0 Å². The number of likely N-dealkylation sites (N-methyl/N-ethyl adjacent to an activating group) is 1. The van der Waals surface area contributed by atoms with Gasteiger partial charge >= 0.3 is 0 Å². The molecule has 3 rings (SSSR count). The van der Waals surface area contributed by atoms with Crippen LogP contribution in [0.15, 0.2) is 36.5 Å². The average molecular weight is 275 g/mol. The van der Waals surface area contributed by atoms with E-state index in [0.29, 0.717) is 0 Å². The summed E-state index contributed by atoms with van der Waals surface area (Å²) in [6.45, 7) is 0.845. The molecule has 0 unspecified atom stereocenters. The van der Waals surface area contributed by atoms with Gasteiger partial charge in [0.05, 0.1) is 5.69 Å². The molecule has 0 saturated heterocycles. The van der Waals surface area contributed by atoms with Crippen LogP contribution in [0.5, 0.6) is 11.5 Å². The molecule has 0 amide bonds. The highest BCUT2D eigenvalue weighted by Crippen LogP contribution is 2.40. The van der Waals surface area contributed by atoms with Gasteiger partial charge in [-0.15, -0.1) is 0 Å². The van der Waals surface area contributed by atoms with Gasteiger partial charge in [-0.1, -0.05) is 17.7 Å². The fourth-order valence-corrected chi connectivity index (χ4v) is 2.75. The number of pyridine rings is 1. The molecular formula is C15H15ClN2O. The second kappa shape index (κ2) is 5.19. The van der Waals surface area contributed by atoms with E-state index in [1.807, 2.05) is 43.6 Å². The van der Waals surface area contributed by atoms with Crippen molar-refractivity contribution in [3.05, 3.63) is 52.8 Å². The van der Waals surface area contributed by atoms with Crippen molar-refractivity contribution >= 4 is 11.6 Å². The van der Waals surface area contributed by atoms with E-state index in [0.717, 1.165) is 40.7 Å². The van der Waals surface area contributed by atoms with Crippen LogP contribution in [0, 0.1) is 0 Å². The smallest absolute Gasteiger partial charge is 0.149 e. The second-order valence-corrected chi connectivity index (χ2v) is 5.07. The average Bonchev–Trinajstić information content (AvgIpc) is 2.57. The van der Waals surface area contributed by atoms with Gasteiger partial charge in [0.25, 0.3) is 0 Å². The Kier molecular flexibility index (Phi) is 3.40. The third-order valence-corrected chi connectivity index (χ3v) is 3.74. The summed E-state index contributed by atoms with van der Waals surface area (Å²) in [6.07, 6.45) is 2.64. The van der Waals surface area contributed by atoms with Crippen LogP contribution in [0.3, 0.4) is 0 Å². The lowest BCUT2D eigenvalue weighted by Crippen LogP contribution is -2.19. The normalized spacial score (nSPS) is 17.1. The molecule has 0 saturated carbocycles. The summed E-state index contributed by atoms with van der Waals surface area (Å²) < 4.78 is 5.99. The Morgan fingerprint density at radius 3 is 3.00 bits per heavy atom. The van der Waals surface area contributed by atoms with Gasteiger partial charge in [-0.2, -0.15) is 0 Å². The lowest BCUT2D eigenvalue weighted by atomic mass is 9.95. The Morgan fingerprint density at radius 2 is 2.16 bits per heavy atom. The highest BCUT2D eigenvalue weighted by atomic mass is 35.5. The van der Waals surface area contributed by atoms with Crippen LogP contribution in [0.2, 0.25) is 5.02 Å². The van der Waals surface area contributed by atoms with E-state index in [1.165, 1.54) is 0 Å². The van der Waals surface area contributed by atoms with Gasteiger partial charge in [-0.3, -0.25) is 4.98 Å². The number of ether oxygens (including phenoxy) is 1. The molecule has 1 atom stereocenters. The van der Waals surface area contributed by atoms with Crippen LogP contribution < -0.4 is 10.1 Å². The molecule has 0 radical (unpaired) electrons. The number of benzene rings is 1. The first-order chi connectivity index (χ1) is 9.29. The zero-order valence-electron chi connectivity index (χ0n) is 10.7. The van der Waals surface area contributed by atoms with Crippen molar-refractivity contribution in [2.45, 2.75) is 12.3 Å². The van der Waals surface area contributed by atoms with Gasteiger partial charge in [0, 0.05) is 29.2 Å². The van der Waals surface area contributed by atoms with Crippen molar-refractivity contribution in [1.82, 2.24) is 10.3 Å². The molecule has 1 aromatic carbocycles. The number of aromatic nitrogens is 1. The SMILES string of the molecule is CNC[C@@H]1Cc2c(Cl)cccc2Oc2cccnc21. The molecule has 3 nitrogen and oxygen atoms in total. The zero-order valence-corrected chi connectivity index (χ0v) is 11.4. The van der Waals surface area contributed by atoms with E-state index in [-0.39, 0.29) is 5.92 Å². The first kappa shape index (κ1) is 12.5. The molecule has 1 aromatic heterocycles. The fraction of sp³-hybridized carbons (Fsp3) is 0.267. The fourth-order valence-electron chi connectivity index (χ4n) is 2.51. The number of fused-ring (bicyclic) bond motifs is 2. The number of hydrogen-bond acceptors (Lipinski definition) is 3. The number of nitrogens with zero attached hydrogens (tertiary/aromatic N) is 1. The maximum absolute atomic E-state index is 6.30. The van der Waals surface area contributed by atoms with Crippen LogP contribution in [0.4, 0.5) is 0 Å². The van der Waals surface area contributed by atoms with Gasteiger partial charge < -0.3 is 10.1 Å². The molecule has 4 heteroatoms. The topological polar surface area (TPSA) is 34.1 Å². The number of rotatable bonds is 2. The summed E-state index contributed by atoms with van der Waals surface area (Å²) in [4.78, 5) is 4.48. The molecular weight excluding hydrogens is 260 g/mol. The van der Waals surface area contributed by atoms with E-state index in [1.54, 1.807) is 0 Å². The van der Waals surface area contributed by atoms with Gasteiger partial charge in [0.15, 0.2) is 0 Å². The standard InChI is InChI=1S/C15H15ClN2O/c1-17-9-10-8-11-12(16)4-2-5-13(11)19-14-6-3-7-18-15(10)14/h2-7,10,17H,8-9H2,1H3/t10-/m0/s1. The third kappa shape index (κ3) is 2.31. The largest absolute Gasteiger partial charge is 0.455 e. The molecule has 0 spiro atoms. The predicted octanol–water partition coefficient (Wildman–Crippen LogP) is 3.39. The monoisotopic (exact) mass is 274 g/mol. The van der Waals surface area contributed by atoms with Crippen molar-refractivity contribution in [2.75, 3.05) is 13.6 Å². The first-order valence-corrected chi connectivity index (χ1v) is 6.72. The lowest BCUT2D eigenvalue weighted by Gasteiger charge is -2.14. The Hall–Kier alpha value is -1.58. The van der Waals surface area contributed by atoms with Gasteiger partial charge in [-0.25, -0.2) is 0 Å². The van der Waals surface area contributed by atoms with Crippen molar-refractivity contribution in [3.63, 3.8) is 0 Å². The van der Waals surface area contributed by atoms with Crippen LogP contribution in [0.1, 0.15) is 17.2 Å². The number of nitrogens with one attached hydrogen (secondary N) is 1. The summed E-state index contributed by atoms with van der Waals surface area (Å²) in [5.74, 6) is 1.92. The van der Waals surface area contributed by atoms with E-state index < -0.39 is 0 Å². The Bertz CT molecular complexity index is 600. The molecule has 2 heterocycles. The van der Waals surface area contributed by atoms with E-state index >= 15 is 0 Å². The maximum atomic E-state index is 6.30. The number of hydrogen-bond donors (Lipinski definition) is 1. The molecule has 1 N–H and O–H groups in total. The first-order valence-electron chi connectivity index (χ1n) is 6.34. The quantitative estimate of drug-likeness (QED) is 0.911. The predicted molar refractivity (Wildman–Crippen MR) is 76.1 cm³/mol. The summed E-state index contributed by atoms with van der Waals surface area (Å²) >= 11 is 6.30. The molecule has 1 aliphatic heterocycles. The van der Waals surface area contributed by atoms with Gasteiger partial charge in [-0.05, 0) is 37.7 Å². The molecule has 0 bridgehead atoms. The Balaban J connectivity index is 2.12. The molecule has 98 valence electrons. The summed E-state index contributed by atoms with van der Waals surface area (Å²) in [6, 6.07) is 9.63. The molecule has 19 heavy (non-hydrogen) atoms. The summed E-state index contributed by atoms with van der Waals surface area (Å²) in [7, 11) is 1.95. The minimum absolute atomic E-state index is 0.266. The molecule has 1 aliphatic rings. The minimum Gasteiger partial charge on any atom is -0.455 e. The number of halogens is 1. The summed E-state index contributed by atoms with van der Waals surface area (Å²) in [5, 5.41) is 3.97. The van der Waals surface area contributed by atoms with E-state index in [9.17, 15) is 0 Å². The van der Waals surface area contributed by atoms with Crippen LogP contribution in [-0.2, 0) is 6.42 Å². The van der Waals surface area contributed by atoms with Crippen LogP contribution in [-0.4, -0.2) is 18.6 Å². The van der Waals surface area contributed by atoms with E-state index in [4.69, 9.17) is 16.3 Å². The Morgan fingerprint density at radius 1 is 1.32 bits per heavy atom. The molecule has 2 aromatic rings. The maximum Gasteiger partial charge on any atom is 0.149 e. The second-order valence-electron chi connectivity index (χ2n) is 4.66. The van der Waals surface area contributed by atoms with Gasteiger partial charge in [0.1, 0.15) is 11.5 Å². The van der Waals surface area contributed by atoms with Crippen molar-refractivity contribution < 1.29 is 4.74 Å². The zero-order chi connectivity index (χ0) is 13.2. The third-order valence-electron chi connectivity index (χ3n) is 3.38. The van der Waals surface area contributed by atoms with Crippen LogP contribution >= 0.6 is 11.6 Å². The van der Waals surface area contributed by atoms with E-state index in [2.05, 4.69) is 10.3 Å². The molecule has 0 fully saturated rings. The van der Waals surface area contributed by atoms with Crippen molar-refractivity contribution in [1.29, 1.82) is 0 Å². The van der Waals surface area contributed by atoms with Crippen LogP contribution in [0.25, 0.3) is 0 Å². The minimum atomic E-state index is 0.266. The lowest BCUT2D eigenvalue weighted by molar-refractivity contribution is 0.474.